The fraction of sp³-hybridized carbons (Fsp3) is 0.0690. The van der Waals surface area contributed by atoms with E-state index >= 15 is 0 Å². The predicted molar refractivity (Wildman–Crippen MR) is 131 cm³/mol. The van der Waals surface area contributed by atoms with Gasteiger partial charge in [-0.25, -0.2) is 0 Å². The van der Waals surface area contributed by atoms with Gasteiger partial charge in [0.2, 0.25) is 0 Å². The Kier molecular flexibility index (Phi) is 10.8. The van der Waals surface area contributed by atoms with Gasteiger partial charge in [-0.3, -0.25) is 9.59 Å². The highest BCUT2D eigenvalue weighted by atomic mass is 16.3. The van der Waals surface area contributed by atoms with Crippen LogP contribution < -0.4 is 0 Å². The van der Waals surface area contributed by atoms with Crippen LogP contribution in [0.15, 0.2) is 121 Å². The van der Waals surface area contributed by atoms with Gasteiger partial charge in [-0.2, -0.15) is 0 Å². The molecule has 4 aromatic rings. The molecule has 2 unspecified atom stereocenters. The van der Waals surface area contributed by atoms with Gasteiger partial charge in [-0.05, 0) is 11.1 Å². The normalized spacial score (nSPS) is 11.5. The molecule has 0 spiro atoms. The zero-order valence-corrected chi connectivity index (χ0v) is 18.5. The summed E-state index contributed by atoms with van der Waals surface area (Å²) in [6, 6.07) is 35.5. The number of carbonyl (C=O) groups is 3. The number of hydrogen-bond acceptors (Lipinski definition) is 5. The predicted octanol–water partition coefficient (Wildman–Crippen LogP) is 5.02. The maximum Gasteiger partial charge on any atom is 0.195 e. The number of rotatable bonds is 6. The molecule has 4 rings (SSSR count). The summed E-state index contributed by atoms with van der Waals surface area (Å²) in [4.78, 5) is 31.8. The standard InChI is InChI=1S/2C14H12O2.CH2O/c2*15-13(11-7-3-1-4-8-11)14(16)12-9-5-2-6-10-12;1-2/h2*1-10,13,15H;1H2. The Hall–Kier alpha value is -4.19. The van der Waals surface area contributed by atoms with Gasteiger partial charge < -0.3 is 15.0 Å². The first-order valence-corrected chi connectivity index (χ1v) is 10.5. The summed E-state index contributed by atoms with van der Waals surface area (Å²) in [5.74, 6) is -0.543. The number of carbonyl (C=O) groups excluding carboxylic acids is 3. The second kappa shape index (κ2) is 14.1. The van der Waals surface area contributed by atoms with Crippen LogP contribution in [0.1, 0.15) is 44.1 Å². The third-order valence-corrected chi connectivity index (χ3v) is 4.84. The Morgan fingerprint density at radius 3 is 0.971 bits per heavy atom. The highest BCUT2D eigenvalue weighted by molar-refractivity contribution is 6.00. The molecule has 34 heavy (non-hydrogen) atoms. The molecule has 2 atom stereocenters. The molecule has 4 aromatic carbocycles. The number of aliphatic hydroxyl groups is 2. The Morgan fingerprint density at radius 1 is 0.471 bits per heavy atom. The van der Waals surface area contributed by atoms with Crippen molar-refractivity contribution < 1.29 is 24.6 Å². The van der Waals surface area contributed by atoms with Gasteiger partial charge in [0.15, 0.2) is 11.6 Å². The topological polar surface area (TPSA) is 91.7 Å². The van der Waals surface area contributed by atoms with Crippen LogP contribution in [0.2, 0.25) is 0 Å². The summed E-state index contributed by atoms with van der Waals surface area (Å²) in [5, 5.41) is 19.8. The number of hydrogen-bond donors (Lipinski definition) is 2. The van der Waals surface area contributed by atoms with Crippen LogP contribution in [0.3, 0.4) is 0 Å². The van der Waals surface area contributed by atoms with Crippen molar-refractivity contribution >= 4 is 18.4 Å². The number of Topliss-reactive ketones (excluding diaryl/α,β-unsaturated/α-hetero) is 2. The molecule has 5 heteroatoms. The van der Waals surface area contributed by atoms with Gasteiger partial charge in [0, 0.05) is 11.1 Å². The summed E-state index contributed by atoms with van der Waals surface area (Å²) >= 11 is 0. The molecule has 0 aromatic heterocycles. The third-order valence-electron chi connectivity index (χ3n) is 4.84. The highest BCUT2D eigenvalue weighted by Crippen LogP contribution is 2.18. The summed E-state index contributed by atoms with van der Waals surface area (Å²) < 4.78 is 0. The van der Waals surface area contributed by atoms with Crippen molar-refractivity contribution in [3.8, 4) is 0 Å². The monoisotopic (exact) mass is 454 g/mol. The first-order chi connectivity index (χ1) is 16.6. The van der Waals surface area contributed by atoms with Gasteiger partial charge in [-0.1, -0.05) is 121 Å². The lowest BCUT2D eigenvalue weighted by Gasteiger charge is -2.09. The van der Waals surface area contributed by atoms with Crippen LogP contribution in [-0.2, 0) is 4.79 Å². The molecule has 0 bridgehead atoms. The van der Waals surface area contributed by atoms with Crippen LogP contribution in [0.5, 0.6) is 0 Å². The van der Waals surface area contributed by atoms with Gasteiger partial charge in [0.05, 0.1) is 0 Å². The lowest BCUT2D eigenvalue weighted by molar-refractivity contribution is -0.0980. The molecule has 0 aliphatic carbocycles. The summed E-state index contributed by atoms with van der Waals surface area (Å²) in [6.45, 7) is 2.00. The lowest BCUT2D eigenvalue weighted by atomic mass is 10.0. The highest BCUT2D eigenvalue weighted by Gasteiger charge is 2.19. The Bertz CT molecular complexity index is 1040. The van der Waals surface area contributed by atoms with E-state index in [4.69, 9.17) is 4.79 Å². The van der Waals surface area contributed by atoms with Crippen LogP contribution in [0, 0.1) is 0 Å². The number of benzene rings is 4. The van der Waals surface area contributed by atoms with Crippen molar-refractivity contribution in [2.75, 3.05) is 0 Å². The van der Waals surface area contributed by atoms with Crippen LogP contribution in [0.4, 0.5) is 0 Å². The van der Waals surface area contributed by atoms with E-state index in [1.54, 1.807) is 97.1 Å². The molecular weight excluding hydrogens is 428 g/mol. The Labute approximate surface area is 199 Å². The van der Waals surface area contributed by atoms with Gasteiger partial charge in [0.1, 0.15) is 19.0 Å². The van der Waals surface area contributed by atoms with Crippen LogP contribution >= 0.6 is 0 Å². The molecule has 0 radical (unpaired) electrons. The zero-order chi connectivity index (χ0) is 24.8. The van der Waals surface area contributed by atoms with Crippen molar-refractivity contribution in [2.45, 2.75) is 12.2 Å². The van der Waals surface area contributed by atoms with E-state index in [1.807, 2.05) is 31.1 Å². The van der Waals surface area contributed by atoms with E-state index < -0.39 is 12.2 Å². The molecule has 5 nitrogen and oxygen atoms in total. The fourth-order valence-electron chi connectivity index (χ4n) is 3.09. The summed E-state index contributed by atoms with van der Waals surface area (Å²) in [7, 11) is 0. The minimum atomic E-state index is -1.08. The molecule has 0 aliphatic rings. The first kappa shape index (κ1) is 26.1. The first-order valence-electron chi connectivity index (χ1n) is 10.5. The molecule has 0 saturated carbocycles. The minimum absolute atomic E-state index is 0.271. The molecular formula is C29H26O5. The molecule has 2 N–H and O–H groups in total. The van der Waals surface area contributed by atoms with Crippen molar-refractivity contribution in [1.82, 2.24) is 0 Å². The maximum absolute atomic E-state index is 11.9. The molecule has 0 amide bonds. The van der Waals surface area contributed by atoms with Crippen LogP contribution in [0.25, 0.3) is 0 Å². The second-order valence-corrected chi connectivity index (χ2v) is 7.09. The van der Waals surface area contributed by atoms with Gasteiger partial charge in [0.25, 0.3) is 0 Å². The average molecular weight is 455 g/mol. The van der Waals surface area contributed by atoms with E-state index in [1.165, 1.54) is 0 Å². The molecule has 0 fully saturated rings. The van der Waals surface area contributed by atoms with Gasteiger partial charge >= 0.3 is 0 Å². The van der Waals surface area contributed by atoms with Crippen molar-refractivity contribution in [1.29, 1.82) is 0 Å². The van der Waals surface area contributed by atoms with Crippen molar-refractivity contribution in [3.05, 3.63) is 144 Å². The average Bonchev–Trinajstić information content (AvgIpc) is 2.94. The number of aliphatic hydroxyl groups excluding tert-OH is 2. The zero-order valence-electron chi connectivity index (χ0n) is 18.5. The molecule has 172 valence electrons. The van der Waals surface area contributed by atoms with Crippen molar-refractivity contribution in [3.63, 3.8) is 0 Å². The maximum atomic E-state index is 11.9. The quantitative estimate of drug-likeness (QED) is 0.399. The van der Waals surface area contributed by atoms with E-state index in [9.17, 15) is 19.8 Å². The van der Waals surface area contributed by atoms with Gasteiger partial charge in [-0.15, -0.1) is 0 Å². The Morgan fingerprint density at radius 2 is 0.706 bits per heavy atom. The third kappa shape index (κ3) is 7.45. The van der Waals surface area contributed by atoms with E-state index in [0.29, 0.717) is 22.3 Å². The summed E-state index contributed by atoms with van der Waals surface area (Å²) in [5.41, 5.74) is 2.30. The molecule has 0 aliphatic heterocycles. The lowest BCUT2D eigenvalue weighted by Crippen LogP contribution is -2.11. The number of ketones is 2. The smallest absolute Gasteiger partial charge is 0.195 e. The van der Waals surface area contributed by atoms with Crippen LogP contribution in [-0.4, -0.2) is 28.6 Å². The van der Waals surface area contributed by atoms with E-state index in [2.05, 4.69) is 0 Å². The largest absolute Gasteiger partial charge is 0.380 e. The minimum Gasteiger partial charge on any atom is -0.380 e. The molecule has 0 heterocycles. The van der Waals surface area contributed by atoms with E-state index in [0.717, 1.165) is 0 Å². The fourth-order valence-corrected chi connectivity index (χ4v) is 3.09. The van der Waals surface area contributed by atoms with E-state index in [-0.39, 0.29) is 11.6 Å². The second-order valence-electron chi connectivity index (χ2n) is 7.09. The summed E-state index contributed by atoms with van der Waals surface area (Å²) in [6.07, 6.45) is -2.16. The Balaban J connectivity index is 0.000000224. The SMILES string of the molecule is C=O.O=C(c1ccccc1)C(O)c1ccccc1.O=C(c1ccccc1)C(O)c1ccccc1. The molecule has 0 saturated heterocycles. The van der Waals surface area contributed by atoms with Crippen molar-refractivity contribution in [2.24, 2.45) is 0 Å².